The third-order valence-corrected chi connectivity index (χ3v) is 3.37. The van der Waals surface area contributed by atoms with Crippen molar-refractivity contribution in [2.24, 2.45) is 0 Å². The van der Waals surface area contributed by atoms with Crippen LogP contribution >= 0.6 is 11.6 Å². The minimum atomic E-state index is 0.477. The van der Waals surface area contributed by atoms with Crippen molar-refractivity contribution in [2.45, 2.75) is 6.42 Å². The Bertz CT molecular complexity index is 744. The van der Waals surface area contributed by atoms with Crippen LogP contribution in [0.15, 0.2) is 42.9 Å². The molecule has 0 unspecified atom stereocenters. The molecule has 3 rings (SSSR count). The van der Waals surface area contributed by atoms with Crippen LogP contribution < -0.4 is 4.74 Å². The van der Waals surface area contributed by atoms with Crippen molar-refractivity contribution in [3.8, 4) is 5.88 Å². The molecule has 4 nitrogen and oxygen atoms in total. The van der Waals surface area contributed by atoms with Crippen molar-refractivity contribution in [3.63, 3.8) is 0 Å². The lowest BCUT2D eigenvalue weighted by Crippen LogP contribution is -1.95. The van der Waals surface area contributed by atoms with Gasteiger partial charge in [0.25, 0.3) is 0 Å². The zero-order valence-electron chi connectivity index (χ0n) is 10.9. The molecule has 0 aliphatic carbocycles. The zero-order valence-corrected chi connectivity index (χ0v) is 11.6. The maximum Gasteiger partial charge on any atom is 0.212 e. The zero-order chi connectivity index (χ0) is 13.9. The molecule has 0 atom stereocenters. The molecule has 3 aromatic heterocycles. The second kappa shape index (κ2) is 5.43. The van der Waals surface area contributed by atoms with Crippen molar-refractivity contribution in [3.05, 3.63) is 59.1 Å². The summed E-state index contributed by atoms with van der Waals surface area (Å²) in [6, 6.07) is 7.60. The van der Waals surface area contributed by atoms with Crippen LogP contribution in [0.5, 0.6) is 5.88 Å². The molecule has 3 heterocycles. The van der Waals surface area contributed by atoms with Gasteiger partial charge in [-0.15, -0.1) is 0 Å². The highest BCUT2D eigenvalue weighted by molar-refractivity contribution is 6.34. The van der Waals surface area contributed by atoms with E-state index >= 15 is 0 Å². The Morgan fingerprint density at radius 2 is 2.00 bits per heavy atom. The number of nitrogens with zero attached hydrogens (tertiary/aromatic N) is 3. The summed E-state index contributed by atoms with van der Waals surface area (Å²) in [5.74, 6) is 0.603. The topological polar surface area (TPSA) is 47.9 Å². The van der Waals surface area contributed by atoms with Crippen LogP contribution in [0, 0.1) is 0 Å². The number of ether oxygens (including phenoxy) is 1. The summed E-state index contributed by atoms with van der Waals surface area (Å²) in [4.78, 5) is 12.8. The Morgan fingerprint density at radius 3 is 2.75 bits per heavy atom. The Hall–Kier alpha value is -2.20. The SMILES string of the molecule is COc1ccc(Cc2cnc(Cl)c3cccnc23)cn1. The first-order chi connectivity index (χ1) is 9.78. The average molecular weight is 286 g/mol. The standard InChI is InChI=1S/C15H12ClN3O/c1-20-13-5-4-10(8-18-13)7-11-9-19-15(16)12-3-2-6-17-14(11)12/h2-6,8-9H,7H2,1H3. The number of hydrogen-bond donors (Lipinski definition) is 0. The molecule has 0 N–H and O–H groups in total. The van der Waals surface area contributed by atoms with Gasteiger partial charge in [-0.3, -0.25) is 4.98 Å². The van der Waals surface area contributed by atoms with Crippen LogP contribution in [0.2, 0.25) is 5.15 Å². The highest BCUT2D eigenvalue weighted by Gasteiger charge is 2.08. The number of rotatable bonds is 3. The van der Waals surface area contributed by atoms with Gasteiger partial charge in [-0.2, -0.15) is 0 Å². The maximum atomic E-state index is 6.09. The minimum Gasteiger partial charge on any atom is -0.481 e. The van der Waals surface area contributed by atoms with E-state index in [0.29, 0.717) is 17.5 Å². The van der Waals surface area contributed by atoms with E-state index in [0.717, 1.165) is 22.0 Å². The molecule has 3 aromatic rings. The summed E-state index contributed by atoms with van der Waals surface area (Å²) in [6.07, 6.45) is 6.02. The fourth-order valence-corrected chi connectivity index (χ4v) is 2.28. The van der Waals surface area contributed by atoms with Gasteiger partial charge in [-0.1, -0.05) is 17.7 Å². The van der Waals surface area contributed by atoms with Crippen molar-refractivity contribution in [2.75, 3.05) is 7.11 Å². The molecular formula is C15H12ClN3O. The molecular weight excluding hydrogens is 274 g/mol. The van der Waals surface area contributed by atoms with E-state index in [4.69, 9.17) is 16.3 Å². The monoisotopic (exact) mass is 285 g/mol. The van der Waals surface area contributed by atoms with Crippen LogP contribution in [0.25, 0.3) is 10.9 Å². The Balaban J connectivity index is 2.00. The number of fused-ring (bicyclic) bond motifs is 1. The molecule has 0 saturated heterocycles. The van der Waals surface area contributed by atoms with Crippen LogP contribution in [0.4, 0.5) is 0 Å². The summed E-state index contributed by atoms with van der Waals surface area (Å²) in [7, 11) is 1.60. The molecule has 0 aromatic carbocycles. The Morgan fingerprint density at radius 1 is 1.10 bits per heavy atom. The number of hydrogen-bond acceptors (Lipinski definition) is 4. The van der Waals surface area contributed by atoms with Crippen LogP contribution in [-0.4, -0.2) is 22.1 Å². The second-order valence-electron chi connectivity index (χ2n) is 4.36. The predicted molar refractivity (Wildman–Crippen MR) is 78.1 cm³/mol. The van der Waals surface area contributed by atoms with E-state index < -0.39 is 0 Å². The first-order valence-corrected chi connectivity index (χ1v) is 6.53. The second-order valence-corrected chi connectivity index (χ2v) is 4.72. The predicted octanol–water partition coefficient (Wildman–Crippen LogP) is 3.28. The van der Waals surface area contributed by atoms with Crippen molar-refractivity contribution < 1.29 is 4.74 Å². The van der Waals surface area contributed by atoms with Gasteiger partial charge >= 0.3 is 0 Å². The number of halogens is 1. The van der Waals surface area contributed by atoms with Crippen molar-refractivity contribution >= 4 is 22.5 Å². The maximum absolute atomic E-state index is 6.09. The Labute approximate surface area is 121 Å². The van der Waals surface area contributed by atoms with E-state index in [-0.39, 0.29) is 0 Å². The fourth-order valence-electron chi connectivity index (χ4n) is 2.08. The van der Waals surface area contributed by atoms with Gasteiger partial charge in [-0.25, -0.2) is 9.97 Å². The van der Waals surface area contributed by atoms with E-state index in [9.17, 15) is 0 Å². The lowest BCUT2D eigenvalue weighted by Gasteiger charge is -2.07. The number of aromatic nitrogens is 3. The molecule has 0 amide bonds. The molecule has 5 heteroatoms. The van der Waals surface area contributed by atoms with E-state index in [2.05, 4.69) is 15.0 Å². The lowest BCUT2D eigenvalue weighted by atomic mass is 10.1. The highest BCUT2D eigenvalue weighted by Crippen LogP contribution is 2.24. The van der Waals surface area contributed by atoms with E-state index in [1.807, 2.05) is 24.3 Å². The molecule has 20 heavy (non-hydrogen) atoms. The molecule has 0 bridgehead atoms. The average Bonchev–Trinajstić information content (AvgIpc) is 2.51. The third-order valence-electron chi connectivity index (χ3n) is 3.07. The van der Waals surface area contributed by atoms with Gasteiger partial charge in [0, 0.05) is 42.0 Å². The molecule has 0 aliphatic rings. The summed E-state index contributed by atoms with van der Waals surface area (Å²) in [5.41, 5.74) is 2.97. The minimum absolute atomic E-state index is 0.477. The molecule has 0 radical (unpaired) electrons. The Kier molecular flexibility index (Phi) is 3.48. The summed E-state index contributed by atoms with van der Waals surface area (Å²) < 4.78 is 5.05. The van der Waals surface area contributed by atoms with Gasteiger partial charge < -0.3 is 4.74 Å². The number of methoxy groups -OCH3 is 1. The first kappa shape index (κ1) is 12.8. The van der Waals surface area contributed by atoms with Gasteiger partial charge in [-0.05, 0) is 17.7 Å². The molecule has 0 fully saturated rings. The number of pyridine rings is 3. The molecule has 100 valence electrons. The van der Waals surface area contributed by atoms with Gasteiger partial charge in [0.1, 0.15) is 5.15 Å². The van der Waals surface area contributed by atoms with Gasteiger partial charge in [0.05, 0.1) is 12.6 Å². The highest BCUT2D eigenvalue weighted by atomic mass is 35.5. The smallest absolute Gasteiger partial charge is 0.212 e. The van der Waals surface area contributed by atoms with E-state index in [1.54, 1.807) is 25.7 Å². The van der Waals surface area contributed by atoms with Crippen molar-refractivity contribution in [1.29, 1.82) is 0 Å². The summed E-state index contributed by atoms with van der Waals surface area (Å²) in [6.45, 7) is 0. The molecule has 0 saturated carbocycles. The van der Waals surface area contributed by atoms with Crippen LogP contribution in [0.1, 0.15) is 11.1 Å². The molecule has 0 spiro atoms. The van der Waals surface area contributed by atoms with Crippen molar-refractivity contribution in [1.82, 2.24) is 15.0 Å². The molecule has 0 aliphatic heterocycles. The summed E-state index contributed by atoms with van der Waals surface area (Å²) in [5, 5.41) is 1.35. The quantitative estimate of drug-likeness (QED) is 0.693. The van der Waals surface area contributed by atoms with Gasteiger partial charge in [0.15, 0.2) is 0 Å². The van der Waals surface area contributed by atoms with Gasteiger partial charge in [0.2, 0.25) is 5.88 Å². The van der Waals surface area contributed by atoms with E-state index in [1.165, 1.54) is 0 Å². The summed E-state index contributed by atoms with van der Waals surface area (Å²) >= 11 is 6.09. The first-order valence-electron chi connectivity index (χ1n) is 6.15. The largest absolute Gasteiger partial charge is 0.481 e. The van der Waals surface area contributed by atoms with Crippen LogP contribution in [0.3, 0.4) is 0 Å². The fraction of sp³-hybridized carbons (Fsp3) is 0.133. The lowest BCUT2D eigenvalue weighted by molar-refractivity contribution is 0.397. The third kappa shape index (κ3) is 2.42. The normalized spacial score (nSPS) is 10.7. The van der Waals surface area contributed by atoms with Crippen LogP contribution in [-0.2, 0) is 6.42 Å².